The van der Waals surface area contributed by atoms with E-state index >= 15 is 4.39 Å². The minimum absolute atomic E-state index is 0.0453. The van der Waals surface area contributed by atoms with Crippen LogP contribution in [0.2, 0.25) is 0 Å². The Hall–Kier alpha value is -3.43. The van der Waals surface area contributed by atoms with Crippen molar-refractivity contribution in [1.82, 2.24) is 15.0 Å². The van der Waals surface area contributed by atoms with Crippen molar-refractivity contribution >= 4 is 11.6 Å². The van der Waals surface area contributed by atoms with Crippen LogP contribution in [0.1, 0.15) is 29.5 Å². The van der Waals surface area contributed by atoms with Gasteiger partial charge in [-0.05, 0) is 36.1 Å². The van der Waals surface area contributed by atoms with Crippen LogP contribution < -0.4 is 15.0 Å². The highest BCUT2D eigenvalue weighted by Gasteiger charge is 2.33. The minimum Gasteiger partial charge on any atom is -0.481 e. The molecule has 3 aromatic rings. The lowest BCUT2D eigenvalue weighted by atomic mass is 10.1. The van der Waals surface area contributed by atoms with Gasteiger partial charge in [0.15, 0.2) is 11.6 Å². The second-order valence-electron chi connectivity index (χ2n) is 7.48. The van der Waals surface area contributed by atoms with E-state index in [1.54, 1.807) is 23.2 Å². The van der Waals surface area contributed by atoms with Gasteiger partial charge in [-0.15, -0.1) is 0 Å². The molecule has 1 aliphatic carbocycles. The summed E-state index contributed by atoms with van der Waals surface area (Å²) < 4.78 is 58.7. The van der Waals surface area contributed by atoms with Crippen molar-refractivity contribution < 1.29 is 22.3 Å². The normalized spacial score (nSPS) is 13.7. The van der Waals surface area contributed by atoms with Crippen LogP contribution in [0.4, 0.5) is 29.2 Å². The van der Waals surface area contributed by atoms with Crippen molar-refractivity contribution in [3.8, 4) is 5.88 Å². The van der Waals surface area contributed by atoms with Crippen LogP contribution in [0.25, 0.3) is 0 Å². The second kappa shape index (κ2) is 8.97. The maximum atomic E-state index is 15.2. The fraction of sp³-hybridized carbons (Fsp3) is 0.318. The summed E-state index contributed by atoms with van der Waals surface area (Å²) in [7, 11) is 1.52. The maximum Gasteiger partial charge on any atom is 0.416 e. The third-order valence-electron chi connectivity index (χ3n) is 5.13. The fourth-order valence-corrected chi connectivity index (χ4v) is 3.27. The fourth-order valence-electron chi connectivity index (χ4n) is 3.27. The van der Waals surface area contributed by atoms with Gasteiger partial charge in [0.25, 0.3) is 0 Å². The van der Waals surface area contributed by atoms with Gasteiger partial charge < -0.3 is 15.0 Å². The molecule has 1 N–H and O–H groups in total. The number of ether oxygens (including phenoxy) is 1. The summed E-state index contributed by atoms with van der Waals surface area (Å²) in [4.78, 5) is 14.0. The van der Waals surface area contributed by atoms with Gasteiger partial charge >= 0.3 is 6.18 Å². The third kappa shape index (κ3) is 5.06. The number of anilines is 2. The third-order valence-corrected chi connectivity index (χ3v) is 5.13. The Morgan fingerprint density at radius 1 is 1.03 bits per heavy atom. The largest absolute Gasteiger partial charge is 0.481 e. The van der Waals surface area contributed by atoms with Crippen molar-refractivity contribution in [2.24, 2.45) is 0 Å². The van der Waals surface area contributed by atoms with Gasteiger partial charge in [-0.3, -0.25) is 0 Å². The molecule has 1 fully saturated rings. The smallest absolute Gasteiger partial charge is 0.416 e. The molecular formula is C22H21F4N5O. The summed E-state index contributed by atoms with van der Waals surface area (Å²) >= 11 is 0. The zero-order valence-corrected chi connectivity index (χ0v) is 17.2. The Bertz CT molecular complexity index is 1050. The summed E-state index contributed by atoms with van der Waals surface area (Å²) in [6.45, 7) is 0.547. The Kier molecular flexibility index (Phi) is 6.11. The molecule has 168 valence electrons. The van der Waals surface area contributed by atoms with E-state index in [2.05, 4.69) is 20.3 Å². The molecule has 32 heavy (non-hydrogen) atoms. The molecule has 10 heteroatoms. The predicted octanol–water partition coefficient (Wildman–Crippen LogP) is 4.82. The molecule has 0 bridgehead atoms. The zero-order chi connectivity index (χ0) is 22.7. The lowest BCUT2D eigenvalue weighted by Gasteiger charge is -2.24. The molecule has 0 radical (unpaired) electrons. The van der Waals surface area contributed by atoms with Gasteiger partial charge in [0.2, 0.25) is 11.7 Å². The molecule has 0 amide bonds. The van der Waals surface area contributed by atoms with Crippen LogP contribution in [0, 0.1) is 5.82 Å². The zero-order valence-electron chi connectivity index (χ0n) is 17.2. The van der Waals surface area contributed by atoms with Crippen LogP contribution in [0.15, 0.2) is 48.9 Å². The lowest BCUT2D eigenvalue weighted by Crippen LogP contribution is -2.27. The number of hydrogen-bond donors (Lipinski definition) is 1. The predicted molar refractivity (Wildman–Crippen MR) is 111 cm³/mol. The van der Waals surface area contributed by atoms with E-state index in [-0.39, 0.29) is 24.2 Å². The van der Waals surface area contributed by atoms with Crippen molar-refractivity contribution in [3.63, 3.8) is 0 Å². The van der Waals surface area contributed by atoms with Crippen LogP contribution in [0.3, 0.4) is 0 Å². The van der Waals surface area contributed by atoms with Gasteiger partial charge in [-0.2, -0.15) is 17.6 Å². The summed E-state index contributed by atoms with van der Waals surface area (Å²) in [5, 5.41) is 2.95. The Labute approximate surface area is 182 Å². The lowest BCUT2D eigenvalue weighted by molar-refractivity contribution is -0.137. The summed E-state index contributed by atoms with van der Waals surface area (Å²) in [5.41, 5.74) is 0.739. The highest BCUT2D eigenvalue weighted by Crippen LogP contribution is 2.35. The molecule has 2 heterocycles. The minimum atomic E-state index is -4.40. The molecule has 1 saturated carbocycles. The van der Waals surface area contributed by atoms with Crippen LogP contribution >= 0.6 is 0 Å². The number of halogens is 4. The first-order valence-electron chi connectivity index (χ1n) is 10.0. The second-order valence-corrected chi connectivity index (χ2v) is 7.48. The standard InChI is InChI=1S/C22H21F4N5O/c1-32-18-9-4-15(10-27-18)11-28-20-19(23)21(30-13-29-20)31(17-7-8-17)12-14-2-5-16(6-3-14)22(24,25)26/h2-6,9-10,13,17H,7-8,11-12H2,1H3,(H,28,29,30). The van der Waals surface area contributed by atoms with E-state index in [0.717, 1.165) is 30.5 Å². The number of hydrogen-bond acceptors (Lipinski definition) is 6. The molecule has 4 rings (SSSR count). The van der Waals surface area contributed by atoms with Crippen molar-refractivity contribution in [2.45, 2.75) is 38.1 Å². The summed E-state index contributed by atoms with van der Waals surface area (Å²) in [6, 6.07) is 8.48. The van der Waals surface area contributed by atoms with Crippen molar-refractivity contribution in [3.05, 3.63) is 71.4 Å². The molecule has 0 aliphatic heterocycles. The van der Waals surface area contributed by atoms with Gasteiger partial charge in [0, 0.05) is 31.4 Å². The number of benzene rings is 1. The Morgan fingerprint density at radius 2 is 1.75 bits per heavy atom. The number of aromatic nitrogens is 3. The van der Waals surface area contributed by atoms with Gasteiger partial charge in [0.1, 0.15) is 6.33 Å². The summed E-state index contributed by atoms with van der Waals surface area (Å²) in [5.74, 6) is 0.0435. The van der Waals surface area contributed by atoms with E-state index in [4.69, 9.17) is 4.74 Å². The maximum absolute atomic E-state index is 15.2. The van der Waals surface area contributed by atoms with Gasteiger partial charge in [-0.1, -0.05) is 18.2 Å². The summed E-state index contributed by atoms with van der Waals surface area (Å²) in [6.07, 6.45) is 0.226. The van der Waals surface area contributed by atoms with Gasteiger partial charge in [-0.25, -0.2) is 15.0 Å². The average Bonchev–Trinajstić information content (AvgIpc) is 3.62. The van der Waals surface area contributed by atoms with Crippen LogP contribution in [-0.4, -0.2) is 28.1 Å². The molecule has 0 saturated heterocycles. The van der Waals surface area contributed by atoms with E-state index in [1.807, 2.05) is 0 Å². The number of rotatable bonds is 8. The quantitative estimate of drug-likeness (QED) is 0.500. The first kappa shape index (κ1) is 21.8. The molecular weight excluding hydrogens is 426 g/mol. The Balaban J connectivity index is 1.50. The van der Waals surface area contributed by atoms with E-state index < -0.39 is 17.6 Å². The van der Waals surface area contributed by atoms with Crippen LogP contribution in [0.5, 0.6) is 5.88 Å². The number of pyridine rings is 1. The molecule has 0 atom stereocenters. The van der Waals surface area contributed by atoms with E-state index in [0.29, 0.717) is 18.0 Å². The van der Waals surface area contributed by atoms with E-state index in [9.17, 15) is 13.2 Å². The topological polar surface area (TPSA) is 63.2 Å². The SMILES string of the molecule is COc1ccc(CNc2ncnc(N(Cc3ccc(C(F)(F)F)cc3)C3CC3)c2F)cn1. The van der Waals surface area contributed by atoms with Gasteiger partial charge in [0.05, 0.1) is 12.7 Å². The van der Waals surface area contributed by atoms with Crippen molar-refractivity contribution in [1.29, 1.82) is 0 Å². The molecule has 1 aromatic carbocycles. The first-order chi connectivity index (χ1) is 15.3. The highest BCUT2D eigenvalue weighted by atomic mass is 19.4. The number of nitrogens with one attached hydrogen (secondary N) is 1. The molecule has 1 aliphatic rings. The molecule has 0 spiro atoms. The monoisotopic (exact) mass is 447 g/mol. The number of methoxy groups -OCH3 is 1. The molecule has 0 unspecified atom stereocenters. The molecule has 6 nitrogen and oxygen atoms in total. The first-order valence-corrected chi connectivity index (χ1v) is 10.0. The molecule has 2 aromatic heterocycles. The van der Waals surface area contributed by atoms with Crippen LogP contribution in [-0.2, 0) is 19.3 Å². The Morgan fingerprint density at radius 3 is 2.34 bits per heavy atom. The van der Waals surface area contributed by atoms with E-state index in [1.165, 1.54) is 25.6 Å². The number of alkyl halides is 3. The highest BCUT2D eigenvalue weighted by molar-refractivity contribution is 5.53. The van der Waals surface area contributed by atoms with Crippen molar-refractivity contribution in [2.75, 3.05) is 17.3 Å². The number of nitrogens with zero attached hydrogens (tertiary/aromatic N) is 4. The average molecular weight is 447 g/mol.